The zero-order chi connectivity index (χ0) is 17.8. The maximum Gasteiger partial charge on any atom is 0.252 e. The number of carbonyl (C=O) groups excluding carboxylic acids is 1. The van der Waals surface area contributed by atoms with E-state index in [1.54, 1.807) is 18.6 Å². The summed E-state index contributed by atoms with van der Waals surface area (Å²) >= 11 is 0. The van der Waals surface area contributed by atoms with E-state index in [2.05, 4.69) is 20.3 Å². The Labute approximate surface area is 150 Å². The summed E-state index contributed by atoms with van der Waals surface area (Å²) in [6.45, 7) is 0.374. The van der Waals surface area contributed by atoms with E-state index in [-0.39, 0.29) is 5.91 Å². The van der Waals surface area contributed by atoms with Crippen LogP contribution in [0.5, 0.6) is 0 Å². The Morgan fingerprint density at radius 2 is 1.85 bits per heavy atom. The molecule has 0 saturated heterocycles. The molecule has 126 valence electrons. The van der Waals surface area contributed by atoms with E-state index >= 15 is 0 Å². The first kappa shape index (κ1) is 15.9. The van der Waals surface area contributed by atoms with E-state index in [4.69, 9.17) is 0 Å². The lowest BCUT2D eigenvalue weighted by Crippen LogP contribution is -2.23. The number of nitrogens with one attached hydrogen (secondary N) is 1. The number of benzene rings is 1. The number of rotatable bonds is 4. The van der Waals surface area contributed by atoms with Crippen LogP contribution in [-0.4, -0.2) is 20.9 Å². The molecule has 0 aliphatic carbocycles. The second-order valence-corrected chi connectivity index (χ2v) is 5.82. The summed E-state index contributed by atoms with van der Waals surface area (Å²) in [5.41, 5.74) is 3.77. The number of hydrogen-bond donors (Lipinski definition) is 1. The zero-order valence-electron chi connectivity index (χ0n) is 14.0. The number of aromatic nitrogens is 3. The number of hydrogen-bond acceptors (Lipinski definition) is 4. The third-order valence-corrected chi connectivity index (χ3v) is 4.07. The Balaban J connectivity index is 1.72. The number of amides is 1. The molecule has 0 atom stereocenters. The van der Waals surface area contributed by atoms with Crippen molar-refractivity contribution in [2.45, 2.75) is 6.54 Å². The molecule has 0 aliphatic rings. The molecule has 3 aromatic heterocycles. The van der Waals surface area contributed by atoms with E-state index in [0.29, 0.717) is 12.1 Å². The first-order valence-corrected chi connectivity index (χ1v) is 8.29. The van der Waals surface area contributed by atoms with Crippen molar-refractivity contribution in [3.8, 4) is 11.3 Å². The summed E-state index contributed by atoms with van der Waals surface area (Å²) in [5.74, 6) is -0.153. The van der Waals surface area contributed by atoms with E-state index in [1.807, 2.05) is 60.7 Å². The van der Waals surface area contributed by atoms with Crippen LogP contribution < -0.4 is 5.32 Å². The highest BCUT2D eigenvalue weighted by atomic mass is 16.1. The summed E-state index contributed by atoms with van der Waals surface area (Å²) < 4.78 is 0. The lowest BCUT2D eigenvalue weighted by molar-refractivity contribution is 0.0952. The van der Waals surface area contributed by atoms with Gasteiger partial charge in [-0.05, 0) is 36.4 Å². The number of para-hydroxylation sites is 1. The molecule has 1 N–H and O–H groups in total. The zero-order valence-corrected chi connectivity index (χ0v) is 14.0. The Hall–Kier alpha value is -3.60. The molecule has 0 aliphatic heterocycles. The first-order valence-electron chi connectivity index (χ1n) is 8.29. The minimum atomic E-state index is -0.153. The predicted molar refractivity (Wildman–Crippen MR) is 100 cm³/mol. The van der Waals surface area contributed by atoms with Crippen molar-refractivity contribution in [3.05, 3.63) is 90.5 Å². The summed E-state index contributed by atoms with van der Waals surface area (Å²) in [7, 11) is 0. The number of carbonyl (C=O) groups is 1. The number of fused-ring (bicyclic) bond motifs is 1. The van der Waals surface area contributed by atoms with Gasteiger partial charge in [0.15, 0.2) is 0 Å². The van der Waals surface area contributed by atoms with Gasteiger partial charge in [-0.3, -0.25) is 14.8 Å². The molecular formula is C21H16N4O. The quantitative estimate of drug-likeness (QED) is 0.616. The summed E-state index contributed by atoms with van der Waals surface area (Å²) in [6, 6.07) is 18.9. The molecule has 0 saturated carbocycles. The van der Waals surface area contributed by atoms with Gasteiger partial charge >= 0.3 is 0 Å². The highest BCUT2D eigenvalue weighted by molar-refractivity contribution is 6.07. The Morgan fingerprint density at radius 1 is 0.962 bits per heavy atom. The third-order valence-electron chi connectivity index (χ3n) is 4.07. The Kier molecular flexibility index (Phi) is 4.35. The van der Waals surface area contributed by atoms with Crippen molar-refractivity contribution in [3.63, 3.8) is 0 Å². The lowest BCUT2D eigenvalue weighted by atomic mass is 10.0. The number of nitrogens with zero attached hydrogens (tertiary/aromatic N) is 3. The van der Waals surface area contributed by atoms with Gasteiger partial charge in [0.25, 0.3) is 5.91 Å². The SMILES string of the molecule is O=C(NCc1ccccn1)c1cc(-c2cccnc2)nc2ccccc12. The largest absolute Gasteiger partial charge is 0.346 e. The predicted octanol–water partition coefficient (Wildman–Crippen LogP) is 3.62. The molecule has 4 rings (SSSR count). The fourth-order valence-electron chi connectivity index (χ4n) is 2.79. The molecule has 5 nitrogen and oxygen atoms in total. The molecule has 0 bridgehead atoms. The second kappa shape index (κ2) is 7.11. The van der Waals surface area contributed by atoms with Crippen LogP contribution in [0.4, 0.5) is 0 Å². The maximum absolute atomic E-state index is 12.8. The summed E-state index contributed by atoms with van der Waals surface area (Å²) in [6.07, 6.45) is 5.17. The molecule has 5 heteroatoms. The molecule has 26 heavy (non-hydrogen) atoms. The van der Waals surface area contributed by atoms with E-state index in [0.717, 1.165) is 27.9 Å². The smallest absolute Gasteiger partial charge is 0.252 e. The first-order chi connectivity index (χ1) is 12.8. The molecule has 0 radical (unpaired) electrons. The van der Waals surface area contributed by atoms with Gasteiger partial charge in [0.05, 0.1) is 29.0 Å². The molecule has 1 aromatic carbocycles. The Morgan fingerprint density at radius 3 is 2.65 bits per heavy atom. The van der Waals surface area contributed by atoms with Crippen molar-refractivity contribution in [1.29, 1.82) is 0 Å². The normalized spacial score (nSPS) is 10.6. The topological polar surface area (TPSA) is 67.8 Å². The maximum atomic E-state index is 12.8. The standard InChI is InChI=1S/C21H16N4O/c26-21(24-14-16-7-3-4-11-23-16)18-12-20(15-6-5-10-22-13-15)25-19-9-2-1-8-17(18)19/h1-13H,14H2,(H,24,26). The van der Waals surface area contributed by atoms with Crippen LogP contribution in [0, 0.1) is 0 Å². The molecule has 1 amide bonds. The molecule has 3 heterocycles. The summed E-state index contributed by atoms with van der Waals surface area (Å²) in [4.78, 5) is 25.9. The van der Waals surface area contributed by atoms with Crippen molar-refractivity contribution < 1.29 is 4.79 Å². The van der Waals surface area contributed by atoms with Gasteiger partial charge in [-0.25, -0.2) is 4.98 Å². The van der Waals surface area contributed by atoms with Crippen molar-refractivity contribution in [2.75, 3.05) is 0 Å². The van der Waals surface area contributed by atoms with Gasteiger partial charge < -0.3 is 5.32 Å². The van der Waals surface area contributed by atoms with Crippen LogP contribution in [0.3, 0.4) is 0 Å². The van der Waals surface area contributed by atoms with Crippen molar-refractivity contribution >= 4 is 16.8 Å². The fraction of sp³-hybridized carbons (Fsp3) is 0.0476. The fourth-order valence-corrected chi connectivity index (χ4v) is 2.79. The van der Waals surface area contributed by atoms with E-state index in [9.17, 15) is 4.79 Å². The van der Waals surface area contributed by atoms with Gasteiger partial charge in [-0.1, -0.05) is 24.3 Å². The van der Waals surface area contributed by atoms with Crippen molar-refractivity contribution in [2.24, 2.45) is 0 Å². The van der Waals surface area contributed by atoms with Gasteiger partial charge in [-0.2, -0.15) is 0 Å². The molecule has 0 spiro atoms. The minimum absolute atomic E-state index is 0.153. The van der Waals surface area contributed by atoms with E-state index in [1.165, 1.54) is 0 Å². The lowest BCUT2D eigenvalue weighted by Gasteiger charge is -2.10. The monoisotopic (exact) mass is 340 g/mol. The van der Waals surface area contributed by atoms with Gasteiger partial charge in [0.1, 0.15) is 0 Å². The summed E-state index contributed by atoms with van der Waals surface area (Å²) in [5, 5.41) is 3.76. The number of pyridine rings is 3. The average Bonchev–Trinajstić information content (AvgIpc) is 2.72. The Bertz CT molecular complexity index is 1050. The molecular weight excluding hydrogens is 324 g/mol. The van der Waals surface area contributed by atoms with Crippen LogP contribution >= 0.6 is 0 Å². The van der Waals surface area contributed by atoms with Crippen molar-refractivity contribution in [1.82, 2.24) is 20.3 Å². The average molecular weight is 340 g/mol. The van der Waals surface area contributed by atoms with Gasteiger partial charge in [0, 0.05) is 29.5 Å². The molecule has 4 aromatic rings. The highest BCUT2D eigenvalue weighted by Gasteiger charge is 2.14. The van der Waals surface area contributed by atoms with Gasteiger partial charge in [0.2, 0.25) is 0 Å². The third kappa shape index (κ3) is 3.28. The van der Waals surface area contributed by atoms with Gasteiger partial charge in [-0.15, -0.1) is 0 Å². The second-order valence-electron chi connectivity index (χ2n) is 5.82. The molecule has 0 fully saturated rings. The van der Waals surface area contributed by atoms with Crippen LogP contribution in [0.15, 0.2) is 79.3 Å². The van der Waals surface area contributed by atoms with E-state index < -0.39 is 0 Å². The van der Waals surface area contributed by atoms with Crippen LogP contribution in [0.1, 0.15) is 16.1 Å². The highest BCUT2D eigenvalue weighted by Crippen LogP contribution is 2.24. The molecule has 0 unspecified atom stereocenters. The minimum Gasteiger partial charge on any atom is -0.346 e. The van der Waals surface area contributed by atoms with Crippen LogP contribution in [0.25, 0.3) is 22.2 Å². The van der Waals surface area contributed by atoms with Crippen LogP contribution in [0.2, 0.25) is 0 Å². The van der Waals surface area contributed by atoms with Crippen LogP contribution in [-0.2, 0) is 6.54 Å².